The van der Waals surface area contributed by atoms with Gasteiger partial charge in [-0.2, -0.15) is 0 Å². The first kappa shape index (κ1) is 16.7. The molecule has 1 N–H and O–H groups in total. The highest BCUT2D eigenvalue weighted by atomic mass is 19.1. The number of hydrogen-bond donors (Lipinski definition) is 1. The highest BCUT2D eigenvalue weighted by molar-refractivity contribution is 5.55. The molecule has 1 atom stereocenters. The van der Waals surface area contributed by atoms with E-state index in [0.717, 1.165) is 37.9 Å². The zero-order valence-electron chi connectivity index (χ0n) is 13.0. The lowest BCUT2D eigenvalue weighted by Crippen LogP contribution is -2.25. The molecular weight excluding hydrogens is 251 g/mol. The van der Waals surface area contributed by atoms with E-state index in [1.54, 1.807) is 6.07 Å². The Morgan fingerprint density at radius 1 is 1.45 bits per heavy atom. The van der Waals surface area contributed by atoms with Crippen LogP contribution in [0.25, 0.3) is 0 Å². The fraction of sp³-hybridized carbons (Fsp3) is 0.529. The molecular formula is C17H27FN2. The third-order valence-electron chi connectivity index (χ3n) is 3.47. The predicted octanol–water partition coefficient (Wildman–Crippen LogP) is 4.29. The lowest BCUT2D eigenvalue weighted by Gasteiger charge is -2.26. The third-order valence-corrected chi connectivity index (χ3v) is 3.47. The van der Waals surface area contributed by atoms with Gasteiger partial charge in [0.15, 0.2) is 0 Å². The highest BCUT2D eigenvalue weighted by Gasteiger charge is 2.16. The van der Waals surface area contributed by atoms with Crippen LogP contribution >= 0.6 is 0 Å². The Kier molecular flexibility index (Phi) is 7.31. The largest absolute Gasteiger partial charge is 0.372 e. The Labute approximate surface area is 122 Å². The number of unbranched alkanes of at least 4 members (excludes halogenated alkanes) is 1. The Bertz CT molecular complexity index is 417. The topological polar surface area (TPSA) is 15.3 Å². The molecule has 1 aromatic rings. The number of hydrogen-bond acceptors (Lipinski definition) is 2. The highest BCUT2D eigenvalue weighted by Crippen LogP contribution is 2.28. The summed E-state index contributed by atoms with van der Waals surface area (Å²) in [6, 6.07) is 5.49. The van der Waals surface area contributed by atoms with E-state index in [-0.39, 0.29) is 11.9 Å². The van der Waals surface area contributed by atoms with Gasteiger partial charge in [-0.15, -0.1) is 6.58 Å². The van der Waals surface area contributed by atoms with Gasteiger partial charge in [0, 0.05) is 19.6 Å². The minimum absolute atomic E-state index is 0.145. The maximum Gasteiger partial charge on any atom is 0.146 e. The molecule has 0 aliphatic rings. The molecule has 1 aromatic carbocycles. The van der Waals surface area contributed by atoms with Crippen LogP contribution in [0.5, 0.6) is 0 Å². The molecule has 1 unspecified atom stereocenters. The smallest absolute Gasteiger partial charge is 0.146 e. The molecule has 0 saturated carbocycles. The molecule has 0 aliphatic heterocycles. The zero-order chi connectivity index (χ0) is 15.0. The Morgan fingerprint density at radius 2 is 2.20 bits per heavy atom. The van der Waals surface area contributed by atoms with Crippen molar-refractivity contribution < 1.29 is 4.39 Å². The van der Waals surface area contributed by atoms with Crippen molar-refractivity contribution in [3.8, 4) is 0 Å². The number of rotatable bonds is 9. The summed E-state index contributed by atoms with van der Waals surface area (Å²) in [5, 5.41) is 3.43. The van der Waals surface area contributed by atoms with E-state index in [0.29, 0.717) is 5.69 Å². The summed E-state index contributed by atoms with van der Waals surface area (Å²) in [5.41, 5.74) is 1.74. The SMILES string of the molecule is C=CCCCN(C)c1c(F)cccc1C(C)NCCC. The van der Waals surface area contributed by atoms with Gasteiger partial charge in [-0.1, -0.05) is 25.1 Å². The number of allylic oxidation sites excluding steroid dienone is 1. The van der Waals surface area contributed by atoms with Crippen LogP contribution < -0.4 is 10.2 Å². The fourth-order valence-electron chi connectivity index (χ4n) is 2.34. The molecule has 1 rings (SSSR count). The number of halogens is 1. The Morgan fingerprint density at radius 3 is 2.85 bits per heavy atom. The standard InChI is InChI=1S/C17H27FN2/c1-5-7-8-13-20(4)17-15(10-9-11-16(17)18)14(3)19-12-6-2/h5,9-11,14,19H,1,6-8,12-13H2,2-4H3. The number of anilines is 1. The summed E-state index contributed by atoms with van der Waals surface area (Å²) >= 11 is 0. The summed E-state index contributed by atoms with van der Waals surface area (Å²) in [6.07, 6.45) is 4.92. The molecule has 0 amide bonds. The van der Waals surface area contributed by atoms with E-state index in [2.05, 4.69) is 25.7 Å². The molecule has 2 nitrogen and oxygen atoms in total. The predicted molar refractivity (Wildman–Crippen MR) is 85.8 cm³/mol. The van der Waals surface area contributed by atoms with E-state index >= 15 is 0 Å². The Balaban J connectivity index is 2.89. The van der Waals surface area contributed by atoms with Crippen molar-refractivity contribution in [3.63, 3.8) is 0 Å². The molecule has 0 spiro atoms. The van der Waals surface area contributed by atoms with Gasteiger partial charge >= 0.3 is 0 Å². The average molecular weight is 278 g/mol. The van der Waals surface area contributed by atoms with Gasteiger partial charge < -0.3 is 10.2 Å². The van der Waals surface area contributed by atoms with Gasteiger partial charge in [0.2, 0.25) is 0 Å². The molecule has 0 heterocycles. The van der Waals surface area contributed by atoms with Gasteiger partial charge in [0.25, 0.3) is 0 Å². The van der Waals surface area contributed by atoms with Crippen molar-refractivity contribution in [1.29, 1.82) is 0 Å². The van der Waals surface area contributed by atoms with E-state index in [1.165, 1.54) is 6.07 Å². The lowest BCUT2D eigenvalue weighted by atomic mass is 10.0. The van der Waals surface area contributed by atoms with Gasteiger partial charge in [-0.05, 0) is 44.4 Å². The minimum Gasteiger partial charge on any atom is -0.372 e. The van der Waals surface area contributed by atoms with Crippen LogP contribution in [0.1, 0.15) is 44.7 Å². The van der Waals surface area contributed by atoms with E-state index in [9.17, 15) is 4.39 Å². The molecule has 0 bridgehead atoms. The number of benzene rings is 1. The van der Waals surface area contributed by atoms with Crippen LogP contribution in [0.4, 0.5) is 10.1 Å². The third kappa shape index (κ3) is 4.64. The normalized spacial score (nSPS) is 12.2. The summed E-state index contributed by atoms with van der Waals surface area (Å²) in [4.78, 5) is 2.01. The first-order chi connectivity index (χ1) is 9.61. The summed E-state index contributed by atoms with van der Waals surface area (Å²) in [5.74, 6) is -0.145. The van der Waals surface area contributed by atoms with Crippen molar-refractivity contribution in [2.75, 3.05) is 25.0 Å². The molecule has 20 heavy (non-hydrogen) atoms. The summed E-state index contributed by atoms with van der Waals surface area (Å²) in [7, 11) is 1.96. The van der Waals surface area contributed by atoms with Crippen LogP contribution in [0, 0.1) is 5.82 Å². The van der Waals surface area contributed by atoms with Crippen LogP contribution in [-0.4, -0.2) is 20.1 Å². The van der Waals surface area contributed by atoms with E-state index in [4.69, 9.17) is 0 Å². The fourth-order valence-corrected chi connectivity index (χ4v) is 2.34. The monoisotopic (exact) mass is 278 g/mol. The van der Waals surface area contributed by atoms with Crippen LogP contribution in [0.15, 0.2) is 30.9 Å². The van der Waals surface area contributed by atoms with Crippen LogP contribution in [-0.2, 0) is 0 Å². The van der Waals surface area contributed by atoms with Gasteiger partial charge in [-0.3, -0.25) is 0 Å². The summed E-state index contributed by atoms with van der Waals surface area (Å²) < 4.78 is 14.2. The maximum absolute atomic E-state index is 14.2. The number of nitrogens with zero attached hydrogens (tertiary/aromatic N) is 1. The average Bonchev–Trinajstić information content (AvgIpc) is 2.44. The van der Waals surface area contributed by atoms with Crippen LogP contribution in [0.3, 0.4) is 0 Å². The molecule has 112 valence electrons. The van der Waals surface area contributed by atoms with Crippen molar-refractivity contribution in [2.24, 2.45) is 0 Å². The molecule has 0 aromatic heterocycles. The van der Waals surface area contributed by atoms with Gasteiger partial charge in [-0.25, -0.2) is 4.39 Å². The zero-order valence-corrected chi connectivity index (χ0v) is 13.0. The van der Waals surface area contributed by atoms with Crippen molar-refractivity contribution >= 4 is 5.69 Å². The van der Waals surface area contributed by atoms with Crippen molar-refractivity contribution in [1.82, 2.24) is 5.32 Å². The second-order valence-electron chi connectivity index (χ2n) is 5.21. The molecule has 0 saturated heterocycles. The second-order valence-corrected chi connectivity index (χ2v) is 5.21. The lowest BCUT2D eigenvalue weighted by molar-refractivity contribution is 0.559. The first-order valence-corrected chi connectivity index (χ1v) is 7.45. The van der Waals surface area contributed by atoms with Gasteiger partial charge in [0.1, 0.15) is 5.82 Å². The molecule has 0 radical (unpaired) electrons. The minimum atomic E-state index is -0.145. The quantitative estimate of drug-likeness (QED) is 0.535. The number of para-hydroxylation sites is 1. The van der Waals surface area contributed by atoms with Gasteiger partial charge in [0.05, 0.1) is 5.69 Å². The van der Waals surface area contributed by atoms with E-state index in [1.807, 2.05) is 24.1 Å². The van der Waals surface area contributed by atoms with E-state index < -0.39 is 0 Å². The molecule has 0 aliphatic carbocycles. The molecule has 0 fully saturated rings. The number of nitrogens with one attached hydrogen (secondary N) is 1. The Hall–Kier alpha value is -1.35. The van der Waals surface area contributed by atoms with Crippen molar-refractivity contribution in [3.05, 3.63) is 42.2 Å². The van der Waals surface area contributed by atoms with Crippen LogP contribution in [0.2, 0.25) is 0 Å². The second kappa shape index (κ2) is 8.75. The summed E-state index contributed by atoms with van der Waals surface area (Å²) in [6.45, 7) is 9.72. The maximum atomic E-state index is 14.2. The first-order valence-electron chi connectivity index (χ1n) is 7.45. The van der Waals surface area contributed by atoms with Crippen molar-refractivity contribution in [2.45, 2.75) is 39.2 Å². The molecule has 3 heteroatoms.